The Balaban J connectivity index is 1.78. The number of aryl methyl sites for hydroxylation is 1. The number of anilines is 1. The van der Waals surface area contributed by atoms with Crippen molar-refractivity contribution in [1.82, 2.24) is 25.2 Å². The van der Waals surface area contributed by atoms with Gasteiger partial charge >= 0.3 is 0 Å². The van der Waals surface area contributed by atoms with Crippen molar-refractivity contribution < 1.29 is 9.32 Å². The predicted octanol–water partition coefficient (Wildman–Crippen LogP) is 1.57. The number of nitrogens with one attached hydrogen (secondary N) is 2. The van der Waals surface area contributed by atoms with E-state index in [2.05, 4.69) is 25.7 Å². The molecule has 0 bridgehead atoms. The second-order valence-corrected chi connectivity index (χ2v) is 5.18. The molecule has 114 valence electrons. The number of carbonyl (C=O) groups excluding carboxylic acids is 1. The fourth-order valence-corrected chi connectivity index (χ4v) is 2.10. The normalized spacial score (nSPS) is 10.9. The summed E-state index contributed by atoms with van der Waals surface area (Å²) in [5, 5.41) is 14.6. The van der Waals surface area contributed by atoms with E-state index in [4.69, 9.17) is 4.52 Å². The van der Waals surface area contributed by atoms with Gasteiger partial charge in [0, 0.05) is 26.8 Å². The van der Waals surface area contributed by atoms with Crippen LogP contribution >= 0.6 is 0 Å². The molecule has 0 aliphatic rings. The average molecular weight is 300 g/mol. The van der Waals surface area contributed by atoms with Crippen molar-refractivity contribution in [3.63, 3.8) is 0 Å². The molecule has 8 heteroatoms. The molecule has 22 heavy (non-hydrogen) atoms. The lowest BCUT2D eigenvalue weighted by molar-refractivity contribution is 0.0828. The topological polar surface area (TPSA) is 99.9 Å². The molecule has 0 spiro atoms. The first-order chi connectivity index (χ1) is 10.6. The molecule has 3 aromatic heterocycles. The van der Waals surface area contributed by atoms with Crippen LogP contribution in [0.5, 0.6) is 0 Å². The molecule has 0 radical (unpaired) electrons. The maximum atomic E-state index is 12.0. The van der Waals surface area contributed by atoms with Gasteiger partial charge in [0.05, 0.1) is 17.3 Å². The lowest BCUT2D eigenvalue weighted by Crippen LogP contribution is -2.22. The number of amides is 1. The van der Waals surface area contributed by atoms with Gasteiger partial charge in [-0.2, -0.15) is 5.10 Å². The van der Waals surface area contributed by atoms with E-state index >= 15 is 0 Å². The molecule has 0 unspecified atom stereocenters. The molecule has 0 aliphatic heterocycles. The number of pyridine rings is 1. The molecule has 0 saturated heterocycles. The van der Waals surface area contributed by atoms with Gasteiger partial charge in [-0.15, -0.1) is 0 Å². The number of carbonyl (C=O) groups is 1. The Morgan fingerprint density at radius 2 is 2.23 bits per heavy atom. The Bertz CT molecular complexity index is 820. The number of aromatic nitrogens is 4. The second kappa shape index (κ2) is 5.47. The van der Waals surface area contributed by atoms with Crippen LogP contribution in [0, 0.1) is 6.92 Å². The first kappa shape index (κ1) is 14.1. The summed E-state index contributed by atoms with van der Waals surface area (Å²) in [6.45, 7) is 2.37. The molecule has 0 saturated carbocycles. The van der Waals surface area contributed by atoms with Crippen LogP contribution in [0.1, 0.15) is 21.6 Å². The number of hydrogen-bond acceptors (Lipinski definition) is 6. The fourth-order valence-electron chi connectivity index (χ4n) is 2.10. The molecule has 3 rings (SSSR count). The molecule has 1 amide bonds. The minimum Gasteiger partial charge on any atom is -0.366 e. The maximum Gasteiger partial charge on any atom is 0.258 e. The third-order valence-corrected chi connectivity index (χ3v) is 3.31. The summed E-state index contributed by atoms with van der Waals surface area (Å²) in [5.74, 6) is 0.473. The smallest absolute Gasteiger partial charge is 0.258 e. The zero-order chi connectivity index (χ0) is 15.7. The van der Waals surface area contributed by atoms with E-state index in [0.717, 1.165) is 16.6 Å². The third-order valence-electron chi connectivity index (χ3n) is 3.31. The standard InChI is InChI=1S/C14H16N6O2/c1-8-10-4-9(6-16-13(10)22-19-8)5-15-12-11(7-17-18-12)14(21)20(2)3/h4,6-7H,5H2,1-3H3,(H2,15,17,18). The largest absolute Gasteiger partial charge is 0.366 e. The number of fused-ring (bicyclic) bond motifs is 1. The van der Waals surface area contributed by atoms with Crippen molar-refractivity contribution in [3.8, 4) is 0 Å². The number of nitrogens with zero attached hydrogens (tertiary/aromatic N) is 4. The monoisotopic (exact) mass is 300 g/mol. The van der Waals surface area contributed by atoms with Gasteiger partial charge in [0.15, 0.2) is 0 Å². The Hall–Kier alpha value is -2.90. The minimum absolute atomic E-state index is 0.111. The van der Waals surface area contributed by atoms with Crippen molar-refractivity contribution in [1.29, 1.82) is 0 Å². The third kappa shape index (κ3) is 2.50. The van der Waals surface area contributed by atoms with Gasteiger partial charge in [-0.25, -0.2) is 4.98 Å². The van der Waals surface area contributed by atoms with Crippen LogP contribution in [-0.2, 0) is 6.54 Å². The molecule has 2 N–H and O–H groups in total. The number of H-pyrrole nitrogens is 1. The maximum absolute atomic E-state index is 12.0. The Morgan fingerprint density at radius 1 is 1.41 bits per heavy atom. The van der Waals surface area contributed by atoms with E-state index in [1.165, 1.54) is 11.1 Å². The highest BCUT2D eigenvalue weighted by Crippen LogP contribution is 2.18. The Morgan fingerprint density at radius 3 is 3.00 bits per heavy atom. The van der Waals surface area contributed by atoms with Gasteiger partial charge in [0.25, 0.3) is 11.6 Å². The van der Waals surface area contributed by atoms with Crippen molar-refractivity contribution in [2.75, 3.05) is 19.4 Å². The molecule has 0 fully saturated rings. The first-order valence-corrected chi connectivity index (χ1v) is 6.76. The summed E-state index contributed by atoms with van der Waals surface area (Å²) >= 11 is 0. The zero-order valence-electron chi connectivity index (χ0n) is 12.5. The van der Waals surface area contributed by atoms with Crippen LogP contribution in [0.25, 0.3) is 11.1 Å². The van der Waals surface area contributed by atoms with Gasteiger partial charge in [-0.1, -0.05) is 5.16 Å². The van der Waals surface area contributed by atoms with Gasteiger partial charge in [-0.3, -0.25) is 9.89 Å². The van der Waals surface area contributed by atoms with Crippen LogP contribution in [-0.4, -0.2) is 45.2 Å². The highest BCUT2D eigenvalue weighted by molar-refractivity contribution is 5.98. The van der Waals surface area contributed by atoms with E-state index in [0.29, 0.717) is 23.6 Å². The molecular formula is C14H16N6O2. The summed E-state index contributed by atoms with van der Waals surface area (Å²) in [4.78, 5) is 17.7. The summed E-state index contributed by atoms with van der Waals surface area (Å²) in [6, 6.07) is 1.96. The van der Waals surface area contributed by atoms with Crippen LogP contribution in [0.15, 0.2) is 23.0 Å². The lowest BCUT2D eigenvalue weighted by Gasteiger charge is -2.11. The molecule has 0 aromatic carbocycles. The van der Waals surface area contributed by atoms with E-state index in [1.54, 1.807) is 20.3 Å². The summed E-state index contributed by atoms with van der Waals surface area (Å²) in [7, 11) is 3.40. The Labute approximate surface area is 126 Å². The molecule has 3 aromatic rings. The minimum atomic E-state index is -0.111. The van der Waals surface area contributed by atoms with Gasteiger partial charge in [-0.05, 0) is 18.6 Å². The lowest BCUT2D eigenvalue weighted by atomic mass is 10.2. The molecular weight excluding hydrogens is 284 g/mol. The molecule has 0 aliphatic carbocycles. The SMILES string of the molecule is Cc1noc2ncc(CNc3[nH]ncc3C(=O)N(C)C)cc12. The van der Waals surface area contributed by atoms with Gasteiger partial charge in [0.1, 0.15) is 11.4 Å². The summed E-state index contributed by atoms with van der Waals surface area (Å²) in [6.07, 6.45) is 3.22. The van der Waals surface area contributed by atoms with E-state index in [-0.39, 0.29) is 5.91 Å². The van der Waals surface area contributed by atoms with Crippen molar-refractivity contribution in [2.24, 2.45) is 0 Å². The van der Waals surface area contributed by atoms with Crippen LogP contribution < -0.4 is 5.32 Å². The average Bonchev–Trinajstić information content (AvgIpc) is 3.11. The highest BCUT2D eigenvalue weighted by Gasteiger charge is 2.15. The zero-order valence-corrected chi connectivity index (χ0v) is 12.5. The van der Waals surface area contributed by atoms with Crippen molar-refractivity contribution in [2.45, 2.75) is 13.5 Å². The van der Waals surface area contributed by atoms with Gasteiger partial charge in [0.2, 0.25) is 0 Å². The number of rotatable bonds is 4. The molecule has 3 heterocycles. The molecule has 8 nitrogen and oxygen atoms in total. The van der Waals surface area contributed by atoms with Crippen LogP contribution in [0.2, 0.25) is 0 Å². The van der Waals surface area contributed by atoms with E-state index in [9.17, 15) is 4.79 Å². The van der Waals surface area contributed by atoms with Crippen LogP contribution in [0.3, 0.4) is 0 Å². The highest BCUT2D eigenvalue weighted by atomic mass is 16.5. The van der Waals surface area contributed by atoms with Gasteiger partial charge < -0.3 is 14.7 Å². The van der Waals surface area contributed by atoms with E-state index in [1.807, 2.05) is 13.0 Å². The summed E-state index contributed by atoms with van der Waals surface area (Å²) < 4.78 is 5.08. The van der Waals surface area contributed by atoms with Crippen molar-refractivity contribution in [3.05, 3.63) is 35.3 Å². The first-order valence-electron chi connectivity index (χ1n) is 6.76. The fraction of sp³-hybridized carbons (Fsp3) is 0.286. The number of aromatic amines is 1. The van der Waals surface area contributed by atoms with Crippen LogP contribution in [0.4, 0.5) is 5.82 Å². The number of hydrogen-bond donors (Lipinski definition) is 2. The Kier molecular flexibility index (Phi) is 3.50. The predicted molar refractivity (Wildman–Crippen MR) is 80.5 cm³/mol. The second-order valence-electron chi connectivity index (χ2n) is 5.18. The molecule has 0 atom stereocenters. The van der Waals surface area contributed by atoms with Crippen molar-refractivity contribution >= 4 is 22.8 Å². The quantitative estimate of drug-likeness (QED) is 0.758. The van der Waals surface area contributed by atoms with E-state index < -0.39 is 0 Å². The summed E-state index contributed by atoms with van der Waals surface area (Å²) in [5.41, 5.74) is 2.78.